The largest absolute Gasteiger partial charge is 0.508 e. The van der Waals surface area contributed by atoms with Gasteiger partial charge in [0.25, 0.3) is 5.91 Å². The van der Waals surface area contributed by atoms with Gasteiger partial charge in [-0.3, -0.25) is 19.3 Å². The molecule has 1 aromatic rings. The van der Waals surface area contributed by atoms with Gasteiger partial charge < -0.3 is 41.5 Å². The number of Topliss-reactive ketones (excluding diaryl/α,β-unsaturated/α-hetero) is 2. The van der Waals surface area contributed by atoms with Crippen LogP contribution >= 0.6 is 0 Å². The number of carbonyl (C=O) groups is 3. The zero-order valence-corrected chi connectivity index (χ0v) is 17.4. The quantitative estimate of drug-likeness (QED) is 0.180. The molecule has 0 heterocycles. The van der Waals surface area contributed by atoms with Crippen molar-refractivity contribution in [3.63, 3.8) is 0 Å². The summed E-state index contributed by atoms with van der Waals surface area (Å²) in [5, 5.41) is 75.2. The molecular weight excluding hydrogens is 440 g/mol. The average Bonchev–Trinajstić information content (AvgIpc) is 2.72. The third-order valence-corrected chi connectivity index (χ3v) is 6.74. The topological polar surface area (TPSA) is 222 Å². The molecular formula is C21H22N2O10. The van der Waals surface area contributed by atoms with Crippen LogP contribution in [-0.2, 0) is 14.4 Å². The molecule has 0 spiro atoms. The SMILES string of the molecule is CN(C)C1C(=O)C(C(N)=O)=C(O)[C@@]2(O)C(=O)C3=C(O)c4c(ccc(O)c4O)[C@H](O)[C@H]3[C@H](O)[C@@H]12. The molecule has 9 N–H and O–H groups in total. The molecule has 33 heavy (non-hydrogen) atoms. The monoisotopic (exact) mass is 462 g/mol. The van der Waals surface area contributed by atoms with E-state index in [-0.39, 0.29) is 5.56 Å². The predicted molar refractivity (Wildman–Crippen MR) is 109 cm³/mol. The first-order valence-electron chi connectivity index (χ1n) is 9.84. The normalized spacial score (nSPS) is 33.7. The van der Waals surface area contributed by atoms with E-state index in [9.17, 15) is 50.1 Å². The molecule has 0 aromatic heterocycles. The van der Waals surface area contributed by atoms with Gasteiger partial charge in [0.2, 0.25) is 5.78 Å². The van der Waals surface area contributed by atoms with Gasteiger partial charge in [0.1, 0.15) is 17.1 Å². The van der Waals surface area contributed by atoms with Crippen molar-refractivity contribution in [1.82, 2.24) is 4.90 Å². The molecule has 1 amide bonds. The van der Waals surface area contributed by atoms with Crippen LogP contribution in [0.4, 0.5) is 0 Å². The highest BCUT2D eigenvalue weighted by Gasteiger charge is 2.68. The third kappa shape index (κ3) is 2.63. The van der Waals surface area contributed by atoms with E-state index >= 15 is 0 Å². The van der Waals surface area contributed by atoms with E-state index in [0.717, 1.165) is 12.1 Å². The first-order chi connectivity index (χ1) is 15.3. The number of phenols is 2. The minimum absolute atomic E-state index is 0.130. The maximum Gasteiger partial charge on any atom is 0.255 e. The summed E-state index contributed by atoms with van der Waals surface area (Å²) < 4.78 is 0. The zero-order valence-electron chi connectivity index (χ0n) is 17.4. The maximum absolute atomic E-state index is 13.6. The Bertz CT molecular complexity index is 1190. The van der Waals surface area contributed by atoms with Gasteiger partial charge in [-0.25, -0.2) is 0 Å². The van der Waals surface area contributed by atoms with Gasteiger partial charge >= 0.3 is 0 Å². The van der Waals surface area contributed by atoms with Crippen LogP contribution in [0, 0.1) is 11.8 Å². The number of carbonyl (C=O) groups excluding carboxylic acids is 3. The second-order valence-corrected chi connectivity index (χ2v) is 8.60. The molecule has 4 rings (SSSR count). The molecule has 0 aliphatic heterocycles. The highest BCUT2D eigenvalue weighted by atomic mass is 16.4. The van der Waals surface area contributed by atoms with Crippen molar-refractivity contribution in [2.75, 3.05) is 14.1 Å². The van der Waals surface area contributed by atoms with Crippen LogP contribution in [0.3, 0.4) is 0 Å². The fraction of sp³-hybridized carbons (Fsp3) is 0.381. The van der Waals surface area contributed by atoms with Gasteiger partial charge in [-0.1, -0.05) is 6.07 Å². The molecule has 12 heteroatoms. The van der Waals surface area contributed by atoms with E-state index < -0.39 is 92.9 Å². The van der Waals surface area contributed by atoms with Crippen LogP contribution in [0.25, 0.3) is 5.76 Å². The summed E-state index contributed by atoms with van der Waals surface area (Å²) in [6.45, 7) is 0. The minimum Gasteiger partial charge on any atom is -0.508 e. The lowest BCUT2D eigenvalue weighted by Crippen LogP contribution is -2.70. The van der Waals surface area contributed by atoms with Gasteiger partial charge in [0.15, 0.2) is 22.9 Å². The van der Waals surface area contributed by atoms with Crippen molar-refractivity contribution in [1.29, 1.82) is 0 Å². The number of primary amides is 1. The molecule has 1 unspecified atom stereocenters. The molecule has 1 saturated carbocycles. The Morgan fingerprint density at radius 2 is 1.70 bits per heavy atom. The molecule has 1 fully saturated rings. The Kier molecular flexibility index (Phi) is 4.84. The lowest BCUT2D eigenvalue weighted by atomic mass is 9.55. The summed E-state index contributed by atoms with van der Waals surface area (Å²) >= 11 is 0. The summed E-state index contributed by atoms with van der Waals surface area (Å²) in [4.78, 5) is 39.7. The van der Waals surface area contributed by atoms with Crippen LogP contribution in [0.15, 0.2) is 29.0 Å². The fourth-order valence-corrected chi connectivity index (χ4v) is 5.27. The zero-order chi connectivity index (χ0) is 24.7. The summed E-state index contributed by atoms with van der Waals surface area (Å²) in [6.07, 6.45) is -3.63. The summed E-state index contributed by atoms with van der Waals surface area (Å²) in [7, 11) is 2.74. The van der Waals surface area contributed by atoms with E-state index in [4.69, 9.17) is 5.73 Å². The van der Waals surface area contributed by atoms with Crippen LogP contribution in [0.2, 0.25) is 0 Å². The van der Waals surface area contributed by atoms with Gasteiger partial charge in [-0.2, -0.15) is 0 Å². The summed E-state index contributed by atoms with van der Waals surface area (Å²) in [5.41, 5.74) is -0.301. The number of aliphatic hydroxyl groups is 5. The number of ketones is 2. The number of fused-ring (bicyclic) bond motifs is 3. The minimum atomic E-state index is -3.07. The Labute approximate surface area is 186 Å². The number of aliphatic hydroxyl groups excluding tert-OH is 4. The van der Waals surface area contributed by atoms with Crippen LogP contribution in [0.5, 0.6) is 11.5 Å². The van der Waals surface area contributed by atoms with Crippen LogP contribution < -0.4 is 5.73 Å². The van der Waals surface area contributed by atoms with Crippen molar-refractivity contribution < 1.29 is 50.1 Å². The highest BCUT2D eigenvalue weighted by Crippen LogP contribution is 2.56. The smallest absolute Gasteiger partial charge is 0.255 e. The Morgan fingerprint density at radius 3 is 2.24 bits per heavy atom. The molecule has 3 aliphatic rings. The number of nitrogens with zero attached hydrogens (tertiary/aromatic N) is 1. The number of rotatable bonds is 2. The second kappa shape index (κ2) is 7.02. The molecule has 3 aliphatic carbocycles. The average molecular weight is 462 g/mol. The molecule has 12 nitrogen and oxygen atoms in total. The van der Waals surface area contributed by atoms with Crippen molar-refractivity contribution in [3.8, 4) is 11.5 Å². The van der Waals surface area contributed by atoms with Crippen molar-refractivity contribution >= 4 is 23.2 Å². The molecule has 1 aromatic carbocycles. The Morgan fingerprint density at radius 1 is 1.09 bits per heavy atom. The van der Waals surface area contributed by atoms with Gasteiger partial charge in [0.05, 0.1) is 29.7 Å². The summed E-state index contributed by atoms with van der Waals surface area (Å²) in [5.74, 6) is -11.1. The standard InChI is InChI=1S/C21H22N2O10/c1-23(2)12-11-16(28)8-9(15(27)7-5(13(8)25)3-4-6(24)14(7)26)18(30)21(11,33)19(31)10(17(12)29)20(22)32/h3-4,8,11-13,16,24-28,31,33H,1-2H3,(H2,22,32)/t8-,11+,12?,13-,16-,21-/m0/s1. The lowest BCUT2D eigenvalue weighted by Gasteiger charge is -2.53. The van der Waals surface area contributed by atoms with Gasteiger partial charge in [0, 0.05) is 11.5 Å². The second-order valence-electron chi connectivity index (χ2n) is 8.60. The number of aromatic hydroxyl groups is 2. The fourth-order valence-electron chi connectivity index (χ4n) is 5.27. The van der Waals surface area contributed by atoms with E-state index in [1.54, 1.807) is 0 Å². The third-order valence-electron chi connectivity index (χ3n) is 6.74. The predicted octanol–water partition coefficient (Wildman–Crippen LogP) is -1.87. The molecule has 176 valence electrons. The van der Waals surface area contributed by atoms with E-state index in [1.165, 1.54) is 19.0 Å². The van der Waals surface area contributed by atoms with Crippen molar-refractivity contribution in [2.24, 2.45) is 17.6 Å². The van der Waals surface area contributed by atoms with E-state index in [2.05, 4.69) is 0 Å². The van der Waals surface area contributed by atoms with Crippen LogP contribution in [0.1, 0.15) is 17.2 Å². The molecule has 0 saturated heterocycles. The number of hydrogen-bond acceptors (Lipinski definition) is 11. The Hall–Kier alpha value is -3.45. The molecule has 0 bridgehead atoms. The first-order valence-corrected chi connectivity index (χ1v) is 9.84. The highest BCUT2D eigenvalue weighted by molar-refractivity contribution is 6.24. The van der Waals surface area contributed by atoms with E-state index in [0.29, 0.717) is 0 Å². The number of amides is 1. The van der Waals surface area contributed by atoms with Crippen molar-refractivity contribution in [2.45, 2.75) is 23.9 Å². The van der Waals surface area contributed by atoms with Crippen molar-refractivity contribution in [3.05, 3.63) is 40.2 Å². The maximum atomic E-state index is 13.6. The number of hydrogen-bond donors (Lipinski definition) is 8. The number of phenolic OH excluding ortho intramolecular Hbond substituents is 2. The number of nitrogens with two attached hydrogens (primary N) is 1. The lowest BCUT2D eigenvalue weighted by molar-refractivity contribution is -0.174. The van der Waals surface area contributed by atoms with Gasteiger partial charge in [-0.05, 0) is 25.7 Å². The number of likely N-dealkylation sites (N-methyl/N-ethyl adjacent to an activating group) is 1. The Balaban J connectivity index is 2.07. The molecule has 0 radical (unpaired) electrons. The van der Waals surface area contributed by atoms with E-state index in [1.807, 2.05) is 0 Å². The molecule has 6 atom stereocenters. The number of benzene rings is 1. The van der Waals surface area contributed by atoms with Gasteiger partial charge in [-0.15, -0.1) is 0 Å². The van der Waals surface area contributed by atoms with Crippen LogP contribution in [-0.4, -0.2) is 90.0 Å². The summed E-state index contributed by atoms with van der Waals surface area (Å²) in [6, 6.07) is 0.680. The first kappa shape index (κ1) is 22.7.